The minimum absolute atomic E-state index is 1.12. The average Bonchev–Trinajstić information content (AvgIpc) is 2.75. The van der Waals surface area contributed by atoms with Gasteiger partial charge in [-0.15, -0.1) is 0 Å². The topological polar surface area (TPSA) is 0 Å². The first-order chi connectivity index (χ1) is 14.4. The Kier molecular flexibility index (Phi) is 19.8. The molecule has 0 nitrogen and oxygen atoms in total. The van der Waals surface area contributed by atoms with Gasteiger partial charge >= 0.3 is 0 Å². The van der Waals surface area contributed by atoms with E-state index < -0.39 is 0 Å². The summed E-state index contributed by atoms with van der Waals surface area (Å²) in [7, 11) is 0. The maximum Gasteiger partial charge on any atom is -0.0279 e. The van der Waals surface area contributed by atoms with Gasteiger partial charge in [-0.1, -0.05) is 166 Å². The Morgan fingerprint density at radius 2 is 0.690 bits per heavy atom. The van der Waals surface area contributed by atoms with E-state index >= 15 is 0 Å². The first-order valence-corrected chi connectivity index (χ1v) is 13.3. The third-order valence-electron chi connectivity index (χ3n) is 6.31. The molecular weight excluding hydrogens is 348 g/mol. The molecule has 0 spiro atoms. The fourth-order valence-electron chi connectivity index (χ4n) is 4.33. The Hall–Kier alpha value is -0.780. The van der Waals surface area contributed by atoms with Crippen LogP contribution in [0.2, 0.25) is 0 Å². The maximum atomic E-state index is 3.91. The number of aryl methyl sites for hydroxylation is 1. The lowest BCUT2D eigenvalue weighted by atomic mass is 10.0. The molecule has 0 heterocycles. The van der Waals surface area contributed by atoms with Crippen molar-refractivity contribution in [3.8, 4) is 0 Å². The molecule has 1 rings (SSSR count). The predicted octanol–water partition coefficient (Wildman–Crippen LogP) is 10.3. The van der Waals surface area contributed by atoms with Crippen LogP contribution in [-0.4, -0.2) is 0 Å². The Labute approximate surface area is 184 Å². The molecule has 0 aliphatic rings. The van der Waals surface area contributed by atoms with Crippen LogP contribution in [0.3, 0.4) is 0 Å². The third kappa shape index (κ3) is 19.0. The van der Waals surface area contributed by atoms with E-state index in [1.54, 1.807) is 0 Å². The quantitative estimate of drug-likeness (QED) is 0.170. The summed E-state index contributed by atoms with van der Waals surface area (Å²) in [5.74, 6) is 0. The first-order valence-electron chi connectivity index (χ1n) is 13.3. The summed E-state index contributed by atoms with van der Waals surface area (Å²) in [5, 5.41) is 0. The zero-order chi connectivity index (χ0) is 20.7. The summed E-state index contributed by atoms with van der Waals surface area (Å²) in [6, 6.07) is 10.9. The van der Waals surface area contributed by atoms with Gasteiger partial charge in [-0.05, 0) is 18.4 Å². The molecule has 0 saturated heterocycles. The van der Waals surface area contributed by atoms with Crippen molar-refractivity contribution in [3.05, 3.63) is 42.8 Å². The monoisotopic (exact) mass is 399 g/mol. The average molecular weight is 400 g/mol. The van der Waals surface area contributed by atoms with E-state index in [9.17, 15) is 0 Å². The van der Waals surface area contributed by atoms with Gasteiger partial charge in [0.05, 0.1) is 0 Å². The Morgan fingerprint density at radius 1 is 0.379 bits per heavy atom. The highest BCUT2D eigenvalue weighted by Crippen LogP contribution is 2.15. The van der Waals surface area contributed by atoms with Crippen LogP contribution in [0.5, 0.6) is 0 Å². The lowest BCUT2D eigenvalue weighted by molar-refractivity contribution is 0.521. The van der Waals surface area contributed by atoms with Crippen LogP contribution >= 0.6 is 0 Å². The van der Waals surface area contributed by atoms with Crippen LogP contribution in [0.1, 0.15) is 140 Å². The van der Waals surface area contributed by atoms with Crippen LogP contribution in [0, 0.1) is 6.92 Å². The first kappa shape index (κ1) is 26.3. The number of hydrogen-bond donors (Lipinski definition) is 0. The summed E-state index contributed by atoms with van der Waals surface area (Å²) in [4.78, 5) is 0. The summed E-state index contributed by atoms with van der Waals surface area (Å²) in [6.45, 7) is 3.91. The molecule has 0 unspecified atom stereocenters. The van der Waals surface area contributed by atoms with Gasteiger partial charge in [0, 0.05) is 0 Å². The third-order valence-corrected chi connectivity index (χ3v) is 6.31. The molecule has 0 fully saturated rings. The van der Waals surface area contributed by atoms with Gasteiger partial charge in [0.25, 0.3) is 0 Å². The molecule has 0 aliphatic carbocycles. The summed E-state index contributed by atoms with van der Waals surface area (Å²) >= 11 is 0. The van der Waals surface area contributed by atoms with Crippen molar-refractivity contribution >= 4 is 0 Å². The van der Waals surface area contributed by atoms with Gasteiger partial charge < -0.3 is 0 Å². The smallest absolute Gasteiger partial charge is 0.0279 e. The van der Waals surface area contributed by atoms with E-state index in [0.29, 0.717) is 0 Å². The van der Waals surface area contributed by atoms with Gasteiger partial charge in [0.1, 0.15) is 0 Å². The second kappa shape index (κ2) is 21.9. The minimum atomic E-state index is 1.12. The van der Waals surface area contributed by atoms with Crippen molar-refractivity contribution < 1.29 is 0 Å². The molecule has 1 radical (unpaired) electrons. The lowest BCUT2D eigenvalue weighted by Crippen LogP contribution is -1.86. The van der Waals surface area contributed by atoms with Crippen molar-refractivity contribution in [3.63, 3.8) is 0 Å². The fourth-order valence-corrected chi connectivity index (χ4v) is 4.33. The molecule has 1 aromatic rings. The number of rotatable bonds is 22. The summed E-state index contributed by atoms with van der Waals surface area (Å²) in [6.07, 6.45) is 31.3. The summed E-state index contributed by atoms with van der Waals surface area (Å²) < 4.78 is 0. The molecular formula is C29H51. The molecule has 0 bridgehead atoms. The molecule has 29 heavy (non-hydrogen) atoms. The fraction of sp³-hybridized carbons (Fsp3) is 0.759. The van der Waals surface area contributed by atoms with Crippen LogP contribution in [0.15, 0.2) is 30.3 Å². The van der Waals surface area contributed by atoms with Crippen molar-refractivity contribution in [1.29, 1.82) is 0 Å². The van der Waals surface area contributed by atoms with E-state index in [4.69, 9.17) is 0 Å². The van der Waals surface area contributed by atoms with Crippen molar-refractivity contribution in [2.24, 2.45) is 0 Å². The largest absolute Gasteiger partial charge is 0.0622 e. The van der Waals surface area contributed by atoms with Gasteiger partial charge in [-0.2, -0.15) is 0 Å². The van der Waals surface area contributed by atoms with Crippen LogP contribution in [0.25, 0.3) is 0 Å². The molecule has 0 aliphatic heterocycles. The highest BCUT2D eigenvalue weighted by molar-refractivity contribution is 5.14. The molecule has 0 saturated carbocycles. The van der Waals surface area contributed by atoms with E-state index in [-0.39, 0.29) is 0 Å². The van der Waals surface area contributed by atoms with E-state index in [1.165, 1.54) is 140 Å². The second-order valence-electron chi connectivity index (χ2n) is 9.16. The lowest BCUT2D eigenvalue weighted by Gasteiger charge is -2.04. The Balaban J connectivity index is 1.66. The molecule has 0 heteroatoms. The van der Waals surface area contributed by atoms with Crippen molar-refractivity contribution in [1.82, 2.24) is 0 Å². The molecule has 0 N–H and O–H groups in total. The molecule has 167 valence electrons. The van der Waals surface area contributed by atoms with Crippen molar-refractivity contribution in [2.45, 2.75) is 141 Å². The molecule has 0 amide bonds. The van der Waals surface area contributed by atoms with E-state index in [0.717, 1.165) is 6.42 Å². The second-order valence-corrected chi connectivity index (χ2v) is 9.16. The molecule has 0 atom stereocenters. The molecule has 1 aromatic carbocycles. The van der Waals surface area contributed by atoms with Crippen molar-refractivity contribution in [2.75, 3.05) is 0 Å². The standard InChI is InChI=1S/C29H51/c1-2-3-4-5-6-7-8-9-10-11-12-13-14-15-16-17-18-19-20-21-23-26-29-27-24-22-25-28-29/h22,24-25,27-28H,1-21,23,26H2. The van der Waals surface area contributed by atoms with Gasteiger partial charge in [0.15, 0.2) is 0 Å². The van der Waals surface area contributed by atoms with Crippen LogP contribution in [0.4, 0.5) is 0 Å². The predicted molar refractivity (Wildman–Crippen MR) is 132 cm³/mol. The SMILES string of the molecule is [CH2]CCCCCCCCCCCCCCCCCCCCCCc1ccccc1. The maximum absolute atomic E-state index is 3.91. The van der Waals surface area contributed by atoms with Gasteiger partial charge in [0.2, 0.25) is 0 Å². The number of unbranched alkanes of at least 4 members (excludes halogenated alkanes) is 20. The zero-order valence-electron chi connectivity index (χ0n) is 19.7. The molecule has 0 aromatic heterocycles. The van der Waals surface area contributed by atoms with Gasteiger partial charge in [-0.25, -0.2) is 0 Å². The van der Waals surface area contributed by atoms with Crippen LogP contribution < -0.4 is 0 Å². The Bertz CT molecular complexity index is 407. The Morgan fingerprint density at radius 3 is 1.03 bits per heavy atom. The van der Waals surface area contributed by atoms with Gasteiger partial charge in [-0.3, -0.25) is 0 Å². The minimum Gasteiger partial charge on any atom is -0.0622 e. The van der Waals surface area contributed by atoms with E-state index in [1.807, 2.05) is 0 Å². The number of hydrogen-bond acceptors (Lipinski definition) is 0. The summed E-state index contributed by atoms with van der Waals surface area (Å²) in [5.41, 5.74) is 1.50. The van der Waals surface area contributed by atoms with E-state index in [2.05, 4.69) is 37.3 Å². The zero-order valence-corrected chi connectivity index (χ0v) is 19.7. The number of benzene rings is 1. The highest BCUT2D eigenvalue weighted by Gasteiger charge is 1.96. The normalized spacial score (nSPS) is 11.2. The highest BCUT2D eigenvalue weighted by atomic mass is 14.0. The van der Waals surface area contributed by atoms with Crippen LogP contribution in [-0.2, 0) is 6.42 Å².